The highest BCUT2D eigenvalue weighted by molar-refractivity contribution is 6.31. The van der Waals surface area contributed by atoms with Crippen LogP contribution < -0.4 is 4.74 Å². The van der Waals surface area contributed by atoms with Gasteiger partial charge in [-0.15, -0.1) is 0 Å². The number of halogens is 1. The number of ether oxygens (including phenoxy) is 3. The fraction of sp³-hybridized carbons (Fsp3) is 0.478. The summed E-state index contributed by atoms with van der Waals surface area (Å²) in [5.74, 6) is 0.678. The van der Waals surface area contributed by atoms with Gasteiger partial charge in [-0.2, -0.15) is 0 Å². The molecule has 9 heteroatoms. The minimum atomic E-state index is -1.49. The van der Waals surface area contributed by atoms with E-state index in [0.29, 0.717) is 40.7 Å². The molecule has 32 heavy (non-hydrogen) atoms. The minimum Gasteiger partial charge on any atom is -0.488 e. The molecule has 2 heterocycles. The fourth-order valence-corrected chi connectivity index (χ4v) is 4.25. The van der Waals surface area contributed by atoms with E-state index < -0.39 is 43.2 Å². The Hall–Kier alpha value is -1.75. The molecular weight excluding hydrogens is 440 g/mol. The van der Waals surface area contributed by atoms with E-state index in [2.05, 4.69) is 0 Å². The van der Waals surface area contributed by atoms with Crippen LogP contribution in [0.3, 0.4) is 0 Å². The van der Waals surface area contributed by atoms with Crippen LogP contribution in [0.5, 0.6) is 5.75 Å². The van der Waals surface area contributed by atoms with Crippen LogP contribution in [-0.4, -0.2) is 75.9 Å². The third kappa shape index (κ3) is 4.78. The summed E-state index contributed by atoms with van der Waals surface area (Å²) in [7, 11) is 0. The zero-order chi connectivity index (χ0) is 22.8. The van der Waals surface area contributed by atoms with Crippen molar-refractivity contribution in [2.24, 2.45) is 0 Å². The van der Waals surface area contributed by atoms with Gasteiger partial charge in [-0.05, 0) is 35.4 Å². The molecule has 0 saturated carbocycles. The molecular formula is C23H27ClO8. The van der Waals surface area contributed by atoms with Crippen molar-refractivity contribution in [1.29, 1.82) is 0 Å². The van der Waals surface area contributed by atoms with Gasteiger partial charge in [0.05, 0.1) is 19.8 Å². The van der Waals surface area contributed by atoms with Gasteiger partial charge in [0.25, 0.3) is 0 Å². The molecule has 0 radical (unpaired) electrons. The number of rotatable bonds is 6. The summed E-state index contributed by atoms with van der Waals surface area (Å²) in [6, 6.07) is 11.8. The third-order valence-corrected chi connectivity index (χ3v) is 6.27. The van der Waals surface area contributed by atoms with Gasteiger partial charge in [-0.1, -0.05) is 29.8 Å². The molecule has 0 spiro atoms. The zero-order valence-corrected chi connectivity index (χ0v) is 18.0. The van der Waals surface area contributed by atoms with E-state index in [1.165, 1.54) is 0 Å². The van der Waals surface area contributed by atoms with Gasteiger partial charge in [0, 0.05) is 17.0 Å². The highest BCUT2D eigenvalue weighted by Crippen LogP contribution is 2.36. The topological polar surface area (TPSA) is 129 Å². The first-order valence-electron chi connectivity index (χ1n) is 10.5. The van der Waals surface area contributed by atoms with Crippen LogP contribution in [-0.2, 0) is 9.47 Å². The first-order valence-corrected chi connectivity index (χ1v) is 10.9. The number of hydrogen-bond donors (Lipinski definition) is 5. The van der Waals surface area contributed by atoms with Gasteiger partial charge in [0.2, 0.25) is 0 Å². The molecule has 2 aromatic carbocycles. The zero-order valence-electron chi connectivity index (χ0n) is 17.3. The van der Waals surface area contributed by atoms with Crippen LogP contribution in [0.1, 0.15) is 35.3 Å². The molecule has 2 aliphatic rings. The lowest BCUT2D eigenvalue weighted by Crippen LogP contribution is -2.55. The van der Waals surface area contributed by atoms with Gasteiger partial charge in [0.1, 0.15) is 48.5 Å². The molecule has 0 aromatic heterocycles. The molecule has 5 N–H and O–H groups in total. The molecule has 2 aliphatic heterocycles. The summed E-state index contributed by atoms with van der Waals surface area (Å²) < 4.78 is 16.8. The van der Waals surface area contributed by atoms with Crippen molar-refractivity contribution >= 4 is 11.6 Å². The van der Waals surface area contributed by atoms with Crippen LogP contribution in [0.15, 0.2) is 42.5 Å². The van der Waals surface area contributed by atoms with E-state index >= 15 is 0 Å². The minimum absolute atomic E-state index is 0.0236. The molecule has 8 nitrogen and oxygen atoms in total. The van der Waals surface area contributed by atoms with Gasteiger partial charge in [-0.3, -0.25) is 0 Å². The van der Waals surface area contributed by atoms with Crippen molar-refractivity contribution in [3.05, 3.63) is 64.2 Å². The number of hydrogen-bond acceptors (Lipinski definition) is 8. The molecule has 2 fully saturated rings. The van der Waals surface area contributed by atoms with Crippen molar-refractivity contribution in [3.63, 3.8) is 0 Å². The van der Waals surface area contributed by atoms with E-state index in [1.807, 2.05) is 0 Å². The maximum absolute atomic E-state index is 11.0. The molecule has 7 atom stereocenters. The van der Waals surface area contributed by atoms with Crippen molar-refractivity contribution in [1.82, 2.24) is 0 Å². The second-order valence-corrected chi connectivity index (χ2v) is 8.51. The maximum atomic E-state index is 11.0. The normalized spacial score (nSPS) is 31.4. The average Bonchev–Trinajstić information content (AvgIpc) is 3.31. The summed E-state index contributed by atoms with van der Waals surface area (Å²) in [6.45, 7) is 0.724. The van der Waals surface area contributed by atoms with Gasteiger partial charge >= 0.3 is 0 Å². The number of aliphatic hydroxyl groups is 5. The third-order valence-electron chi connectivity index (χ3n) is 5.92. The van der Waals surface area contributed by atoms with Gasteiger partial charge in [0.15, 0.2) is 0 Å². The molecule has 0 bridgehead atoms. The predicted molar refractivity (Wildman–Crippen MR) is 115 cm³/mol. The molecule has 0 aliphatic carbocycles. The van der Waals surface area contributed by atoms with E-state index in [-0.39, 0.29) is 6.10 Å². The summed E-state index contributed by atoms with van der Waals surface area (Å²) in [4.78, 5) is 0. The average molecular weight is 467 g/mol. The SMILES string of the molecule is OC[C@H]1O[C@@H](c2ccc(Cl)c(C(O)c3ccc(O[C@H]4CCOC4)cc3)c2)[C@H](O)[C@@H](O)[C@@H]1O. The second kappa shape index (κ2) is 10.0. The standard InChI is InChI=1S/C23H27ClO8/c24-17-6-3-13(23-22(29)21(28)20(27)18(10-25)32-23)9-16(17)19(26)12-1-4-14(5-2-12)31-15-7-8-30-11-15/h1-6,9,15,18-23,25-29H,7-8,10-11H2/t15-,18+,19?,20+,21-,22+,23-/m0/s1. The Morgan fingerprint density at radius 1 is 1.03 bits per heavy atom. The van der Waals surface area contributed by atoms with Gasteiger partial charge in [-0.25, -0.2) is 0 Å². The second-order valence-electron chi connectivity index (χ2n) is 8.11. The van der Waals surface area contributed by atoms with E-state index in [1.54, 1.807) is 42.5 Å². The first kappa shape index (κ1) is 23.4. The Morgan fingerprint density at radius 3 is 2.44 bits per heavy atom. The van der Waals surface area contributed by atoms with Gasteiger partial charge < -0.3 is 39.7 Å². The fourth-order valence-electron chi connectivity index (χ4n) is 4.03. The van der Waals surface area contributed by atoms with E-state index in [9.17, 15) is 25.5 Å². The van der Waals surface area contributed by atoms with Crippen molar-refractivity contribution in [3.8, 4) is 5.75 Å². The summed E-state index contributed by atoms with van der Waals surface area (Å²) >= 11 is 6.34. The number of aliphatic hydroxyl groups excluding tert-OH is 5. The molecule has 4 rings (SSSR count). The Labute approximate surface area is 190 Å². The summed E-state index contributed by atoms with van der Waals surface area (Å²) in [6.07, 6.45) is -6.60. The summed E-state index contributed by atoms with van der Waals surface area (Å²) in [5.41, 5.74) is 1.42. The molecule has 0 amide bonds. The highest BCUT2D eigenvalue weighted by atomic mass is 35.5. The molecule has 2 saturated heterocycles. The Morgan fingerprint density at radius 2 is 1.78 bits per heavy atom. The Kier molecular flexibility index (Phi) is 7.34. The lowest BCUT2D eigenvalue weighted by molar-refractivity contribution is -0.231. The van der Waals surface area contributed by atoms with Crippen molar-refractivity contribution in [2.45, 2.75) is 49.1 Å². The largest absolute Gasteiger partial charge is 0.488 e. The van der Waals surface area contributed by atoms with Crippen LogP contribution >= 0.6 is 11.6 Å². The smallest absolute Gasteiger partial charge is 0.124 e. The highest BCUT2D eigenvalue weighted by Gasteiger charge is 2.44. The monoisotopic (exact) mass is 466 g/mol. The van der Waals surface area contributed by atoms with Crippen LogP contribution in [0, 0.1) is 0 Å². The summed E-state index contributed by atoms with van der Waals surface area (Å²) in [5, 5.41) is 51.2. The van der Waals surface area contributed by atoms with Crippen LogP contribution in [0.25, 0.3) is 0 Å². The predicted octanol–water partition coefficient (Wildman–Crippen LogP) is 1.10. The molecule has 1 unspecified atom stereocenters. The van der Waals surface area contributed by atoms with Crippen molar-refractivity contribution < 1.29 is 39.7 Å². The quantitative estimate of drug-likeness (QED) is 0.428. The Balaban J connectivity index is 1.54. The lowest BCUT2D eigenvalue weighted by Gasteiger charge is -2.40. The van der Waals surface area contributed by atoms with Crippen LogP contribution in [0.2, 0.25) is 5.02 Å². The number of benzene rings is 2. The van der Waals surface area contributed by atoms with Crippen molar-refractivity contribution in [2.75, 3.05) is 19.8 Å². The Bertz CT molecular complexity index is 899. The maximum Gasteiger partial charge on any atom is 0.124 e. The van der Waals surface area contributed by atoms with E-state index in [0.717, 1.165) is 6.42 Å². The first-order chi connectivity index (χ1) is 15.4. The molecule has 174 valence electrons. The molecule has 2 aromatic rings. The van der Waals surface area contributed by atoms with E-state index in [4.69, 9.17) is 25.8 Å². The lowest BCUT2D eigenvalue weighted by atomic mass is 9.89. The van der Waals surface area contributed by atoms with Crippen LogP contribution in [0.4, 0.5) is 0 Å².